The molecular formula is C60H40N2. The second kappa shape index (κ2) is 14.8. The standard InChI is InChI=1S/C60H40N2/c1-5-19-43(20-6-1)53-39-57(61(45-27-9-3-10-28-45)55-33-17-25-41-23-13-15-31-47(41)55)51-38-36-50-54(44-21-7-2-8-22-44)40-58(52-37-35-49(53)59(51)60(50)52)62(46-29-11-4-12-30-46)56-34-18-26-42-24-14-16-32-48(42)56/h1-40H. The molecule has 0 radical (unpaired) electrons. The van der Waals surface area contributed by atoms with E-state index in [1.54, 1.807) is 0 Å². The van der Waals surface area contributed by atoms with Gasteiger partial charge in [-0.2, -0.15) is 0 Å². The molecule has 0 atom stereocenters. The molecule has 0 bridgehead atoms. The van der Waals surface area contributed by atoms with Crippen LogP contribution in [0.15, 0.2) is 243 Å². The smallest absolute Gasteiger partial charge is 0.0547 e. The topological polar surface area (TPSA) is 6.48 Å². The highest BCUT2D eigenvalue weighted by molar-refractivity contribution is 6.32. The quantitative estimate of drug-likeness (QED) is 0.142. The van der Waals surface area contributed by atoms with E-state index in [2.05, 4.69) is 252 Å². The lowest BCUT2D eigenvalue weighted by atomic mass is 9.85. The van der Waals surface area contributed by atoms with Crippen LogP contribution in [0.3, 0.4) is 0 Å². The van der Waals surface area contributed by atoms with Crippen molar-refractivity contribution >= 4 is 88.0 Å². The minimum absolute atomic E-state index is 1.11. The Labute approximate surface area is 361 Å². The fraction of sp³-hybridized carbons (Fsp3) is 0. The molecule has 0 amide bonds. The first kappa shape index (κ1) is 35.7. The highest BCUT2D eigenvalue weighted by Gasteiger charge is 2.26. The van der Waals surface area contributed by atoms with Crippen molar-refractivity contribution in [2.75, 3.05) is 9.80 Å². The van der Waals surface area contributed by atoms with Gasteiger partial charge in [-0.1, -0.05) is 194 Å². The normalized spacial score (nSPS) is 11.5. The summed E-state index contributed by atoms with van der Waals surface area (Å²) in [7, 11) is 0. The molecular weight excluding hydrogens is 749 g/mol. The van der Waals surface area contributed by atoms with Gasteiger partial charge in [0.05, 0.1) is 22.7 Å². The number of fused-ring (bicyclic) bond motifs is 2. The monoisotopic (exact) mass is 788 g/mol. The Bertz CT molecular complexity index is 3310. The van der Waals surface area contributed by atoms with Crippen molar-refractivity contribution in [3.8, 4) is 22.3 Å². The van der Waals surface area contributed by atoms with Crippen molar-refractivity contribution in [3.05, 3.63) is 243 Å². The van der Waals surface area contributed by atoms with Gasteiger partial charge in [-0.25, -0.2) is 0 Å². The predicted molar refractivity (Wildman–Crippen MR) is 265 cm³/mol. The van der Waals surface area contributed by atoms with Crippen molar-refractivity contribution in [2.45, 2.75) is 0 Å². The molecule has 2 heteroatoms. The van der Waals surface area contributed by atoms with Gasteiger partial charge in [0.25, 0.3) is 0 Å². The van der Waals surface area contributed by atoms with Gasteiger partial charge in [-0.15, -0.1) is 0 Å². The zero-order valence-corrected chi connectivity index (χ0v) is 34.0. The molecule has 0 aliphatic rings. The predicted octanol–water partition coefficient (Wildman–Crippen LogP) is 17.2. The summed E-state index contributed by atoms with van der Waals surface area (Å²) in [4.78, 5) is 4.96. The van der Waals surface area contributed by atoms with Crippen LogP contribution in [0.5, 0.6) is 0 Å². The average molecular weight is 789 g/mol. The van der Waals surface area contributed by atoms with Gasteiger partial charge < -0.3 is 9.80 Å². The van der Waals surface area contributed by atoms with Gasteiger partial charge in [0.1, 0.15) is 0 Å². The van der Waals surface area contributed by atoms with E-state index in [9.17, 15) is 0 Å². The van der Waals surface area contributed by atoms with E-state index < -0.39 is 0 Å². The van der Waals surface area contributed by atoms with E-state index in [1.165, 1.54) is 76.1 Å². The van der Waals surface area contributed by atoms with Crippen molar-refractivity contribution in [2.24, 2.45) is 0 Å². The summed E-state index contributed by atoms with van der Waals surface area (Å²) in [6, 6.07) is 88.7. The third-order valence-electron chi connectivity index (χ3n) is 12.6. The molecule has 12 aromatic carbocycles. The average Bonchev–Trinajstić information content (AvgIpc) is 3.35. The largest absolute Gasteiger partial charge is 0.309 e. The summed E-state index contributed by atoms with van der Waals surface area (Å²) in [6.07, 6.45) is 0. The van der Waals surface area contributed by atoms with E-state index in [0.29, 0.717) is 0 Å². The first-order chi connectivity index (χ1) is 30.8. The van der Waals surface area contributed by atoms with E-state index in [-0.39, 0.29) is 0 Å². The van der Waals surface area contributed by atoms with Crippen LogP contribution in [0, 0.1) is 0 Å². The van der Waals surface area contributed by atoms with Crippen molar-refractivity contribution in [1.29, 1.82) is 0 Å². The summed E-state index contributed by atoms with van der Waals surface area (Å²) in [5.41, 5.74) is 11.5. The number of para-hydroxylation sites is 2. The summed E-state index contributed by atoms with van der Waals surface area (Å²) >= 11 is 0. The molecule has 2 nitrogen and oxygen atoms in total. The van der Waals surface area contributed by atoms with Crippen LogP contribution >= 0.6 is 0 Å². The SMILES string of the molecule is c1ccc(-c2cc(N(c3ccccc3)c3cccc4ccccc34)c3ccc4c(-c5ccccc5)cc(N(c5ccccc5)c5cccc6ccccc56)c5ccc2c3c45)cc1. The minimum atomic E-state index is 1.11. The van der Waals surface area contributed by atoms with Crippen LogP contribution in [-0.4, -0.2) is 0 Å². The Morgan fingerprint density at radius 1 is 0.226 bits per heavy atom. The molecule has 0 fully saturated rings. The van der Waals surface area contributed by atoms with Crippen molar-refractivity contribution in [1.82, 2.24) is 0 Å². The maximum Gasteiger partial charge on any atom is 0.0547 e. The number of hydrogen-bond acceptors (Lipinski definition) is 2. The Balaban J connectivity index is 1.26. The fourth-order valence-electron chi connectivity index (χ4n) is 9.82. The first-order valence-corrected chi connectivity index (χ1v) is 21.4. The van der Waals surface area contributed by atoms with Crippen LogP contribution in [0.1, 0.15) is 0 Å². The molecule has 0 unspecified atom stereocenters. The van der Waals surface area contributed by atoms with Crippen LogP contribution in [-0.2, 0) is 0 Å². The van der Waals surface area contributed by atoms with E-state index in [0.717, 1.165) is 34.1 Å². The molecule has 12 rings (SSSR count). The fourth-order valence-corrected chi connectivity index (χ4v) is 9.82. The number of rotatable bonds is 8. The Morgan fingerprint density at radius 3 is 0.984 bits per heavy atom. The Morgan fingerprint density at radius 2 is 0.565 bits per heavy atom. The number of nitrogens with zero attached hydrogens (tertiary/aromatic N) is 2. The van der Waals surface area contributed by atoms with Gasteiger partial charge in [-0.3, -0.25) is 0 Å². The minimum Gasteiger partial charge on any atom is -0.309 e. The summed E-state index contributed by atoms with van der Waals surface area (Å²) in [5.74, 6) is 0. The second-order valence-electron chi connectivity index (χ2n) is 16.0. The lowest BCUT2D eigenvalue weighted by molar-refractivity contribution is 1.31. The molecule has 0 heterocycles. The molecule has 0 saturated heterocycles. The van der Waals surface area contributed by atoms with Crippen molar-refractivity contribution < 1.29 is 0 Å². The van der Waals surface area contributed by atoms with Gasteiger partial charge in [0.15, 0.2) is 0 Å². The van der Waals surface area contributed by atoms with E-state index in [4.69, 9.17) is 0 Å². The van der Waals surface area contributed by atoms with E-state index in [1.807, 2.05) is 0 Å². The maximum atomic E-state index is 2.48. The van der Waals surface area contributed by atoms with Crippen LogP contribution in [0.4, 0.5) is 34.1 Å². The molecule has 0 spiro atoms. The van der Waals surface area contributed by atoms with Gasteiger partial charge >= 0.3 is 0 Å². The van der Waals surface area contributed by atoms with E-state index >= 15 is 0 Å². The highest BCUT2D eigenvalue weighted by Crippen LogP contribution is 2.53. The third kappa shape index (κ3) is 5.80. The Kier molecular flexibility index (Phi) is 8.53. The molecule has 0 N–H and O–H groups in total. The van der Waals surface area contributed by atoms with Crippen LogP contribution < -0.4 is 9.80 Å². The second-order valence-corrected chi connectivity index (χ2v) is 16.0. The molecule has 0 saturated carbocycles. The number of anilines is 6. The molecule has 12 aromatic rings. The van der Waals surface area contributed by atoms with Crippen molar-refractivity contribution in [3.63, 3.8) is 0 Å². The summed E-state index contributed by atoms with van der Waals surface area (Å²) < 4.78 is 0. The van der Waals surface area contributed by atoms with Crippen LogP contribution in [0.25, 0.3) is 76.1 Å². The number of hydrogen-bond donors (Lipinski definition) is 0. The molecule has 0 aliphatic heterocycles. The lowest BCUT2D eigenvalue weighted by Crippen LogP contribution is -2.12. The third-order valence-corrected chi connectivity index (χ3v) is 12.6. The first-order valence-electron chi connectivity index (χ1n) is 21.4. The molecule has 0 aromatic heterocycles. The van der Waals surface area contributed by atoms with Crippen LogP contribution in [0.2, 0.25) is 0 Å². The number of benzene rings is 12. The Hall–Kier alpha value is -8.20. The van der Waals surface area contributed by atoms with Gasteiger partial charge in [-0.05, 0) is 92.3 Å². The van der Waals surface area contributed by atoms with Gasteiger partial charge in [0, 0.05) is 43.7 Å². The summed E-state index contributed by atoms with van der Waals surface area (Å²) in [5, 5.41) is 12.2. The zero-order chi connectivity index (χ0) is 41.0. The zero-order valence-electron chi connectivity index (χ0n) is 34.0. The molecule has 290 valence electrons. The van der Waals surface area contributed by atoms with Gasteiger partial charge in [0.2, 0.25) is 0 Å². The lowest BCUT2D eigenvalue weighted by Gasteiger charge is -2.31. The molecule has 62 heavy (non-hydrogen) atoms. The highest BCUT2D eigenvalue weighted by atomic mass is 15.2. The summed E-state index contributed by atoms with van der Waals surface area (Å²) in [6.45, 7) is 0. The maximum absolute atomic E-state index is 2.48. The molecule has 0 aliphatic carbocycles.